The summed E-state index contributed by atoms with van der Waals surface area (Å²) in [5, 5.41) is 0. The minimum atomic E-state index is -3.01. The summed E-state index contributed by atoms with van der Waals surface area (Å²) in [6.45, 7) is -5.05. The zero-order chi connectivity index (χ0) is 9.14. The van der Waals surface area contributed by atoms with Gasteiger partial charge in [-0.1, -0.05) is 0 Å². The van der Waals surface area contributed by atoms with Crippen molar-refractivity contribution in [2.75, 3.05) is 0 Å². The van der Waals surface area contributed by atoms with Crippen LogP contribution in [-0.4, -0.2) is 13.1 Å². The topological polar surface area (TPSA) is 71.1 Å². The summed E-state index contributed by atoms with van der Waals surface area (Å²) < 4.78 is 59.9. The summed E-state index contributed by atoms with van der Waals surface area (Å²) >= 11 is 0. The van der Waals surface area contributed by atoms with Crippen LogP contribution in [-0.2, 0) is 27.2 Å². The molecule has 0 radical (unpaired) electrons. The molecule has 1 aliphatic rings. The minimum Gasteiger partial charge on any atom is -0.175 e. The fourth-order valence-electron chi connectivity index (χ4n) is 0.359. The van der Waals surface area contributed by atoms with E-state index in [2.05, 4.69) is 18.1 Å². The Bertz CT molecular complexity index is 172. The molecular formula is C2H2F2O6P2+2. The van der Waals surface area contributed by atoms with Crippen LogP contribution >= 0.6 is 16.5 Å². The van der Waals surface area contributed by atoms with Gasteiger partial charge in [-0.25, -0.2) is 0 Å². The van der Waals surface area contributed by atoms with Gasteiger partial charge in [-0.2, -0.15) is 8.78 Å². The summed E-state index contributed by atoms with van der Waals surface area (Å²) in [6, 6.07) is 0. The summed E-state index contributed by atoms with van der Waals surface area (Å²) in [5.41, 5.74) is 0. The molecule has 1 saturated heterocycles. The van der Waals surface area contributed by atoms with Crippen molar-refractivity contribution in [1.82, 2.24) is 0 Å². The van der Waals surface area contributed by atoms with Crippen LogP contribution in [0.5, 0.6) is 0 Å². The molecule has 1 rings (SSSR count). The summed E-state index contributed by atoms with van der Waals surface area (Å²) in [4.78, 5) is 0. The Kier molecular flexibility index (Phi) is 3.52. The van der Waals surface area contributed by atoms with Crippen molar-refractivity contribution in [3.8, 4) is 0 Å². The third kappa shape index (κ3) is 3.10. The van der Waals surface area contributed by atoms with Gasteiger partial charge in [0.15, 0.2) is 0 Å². The van der Waals surface area contributed by atoms with E-state index in [4.69, 9.17) is 0 Å². The quantitative estimate of drug-likeness (QED) is 0.582. The third-order valence-electron chi connectivity index (χ3n) is 0.676. The zero-order valence-corrected chi connectivity index (χ0v) is 7.04. The van der Waals surface area contributed by atoms with Gasteiger partial charge in [-0.05, 0) is 18.1 Å². The molecule has 68 valence electrons. The Balaban J connectivity index is 2.57. The molecule has 12 heavy (non-hydrogen) atoms. The average molecular weight is 222 g/mol. The summed E-state index contributed by atoms with van der Waals surface area (Å²) in [5.74, 6) is 0. The molecule has 6 nitrogen and oxygen atoms in total. The molecule has 0 aromatic heterocycles. The maximum Gasteiger partial charge on any atom is 0.709 e. The highest BCUT2D eigenvalue weighted by molar-refractivity contribution is 7.34. The van der Waals surface area contributed by atoms with Crippen LogP contribution in [0.25, 0.3) is 0 Å². The van der Waals surface area contributed by atoms with E-state index in [1.54, 1.807) is 0 Å². The van der Waals surface area contributed by atoms with E-state index in [0.717, 1.165) is 0 Å². The predicted octanol–water partition coefficient (Wildman–Crippen LogP) is 1.89. The van der Waals surface area contributed by atoms with Crippen LogP contribution in [0.2, 0.25) is 0 Å². The highest BCUT2D eigenvalue weighted by Crippen LogP contribution is 2.40. The molecule has 0 aliphatic carbocycles. The normalized spacial score (nSPS) is 38.8. The lowest BCUT2D eigenvalue weighted by molar-refractivity contribution is -0.166. The van der Waals surface area contributed by atoms with E-state index in [0.29, 0.717) is 0 Å². The van der Waals surface area contributed by atoms with Gasteiger partial charge in [0, 0.05) is 9.13 Å². The number of alkyl halides is 2. The fourth-order valence-corrected chi connectivity index (χ4v) is 1.31. The van der Waals surface area contributed by atoms with Crippen molar-refractivity contribution >= 4 is 16.5 Å². The van der Waals surface area contributed by atoms with E-state index in [1.807, 2.05) is 0 Å². The van der Waals surface area contributed by atoms with E-state index in [-0.39, 0.29) is 0 Å². The molecule has 0 N–H and O–H groups in total. The molecule has 10 heteroatoms. The van der Waals surface area contributed by atoms with Crippen LogP contribution in [0.15, 0.2) is 0 Å². The standard InChI is InChI=1S/C2H2F2O6P2/c3-1-7-11(5)9-2(4)10-12(6)8-1/h1-2H/q+2. The Morgan fingerprint density at radius 2 is 1.08 bits per heavy atom. The number of hydrogen-bond acceptors (Lipinski definition) is 6. The molecule has 1 aliphatic heterocycles. The van der Waals surface area contributed by atoms with Gasteiger partial charge >= 0.3 is 29.6 Å². The summed E-state index contributed by atoms with van der Waals surface area (Å²) in [6.07, 6.45) is 0. The Hall–Kier alpha value is -0.100. The molecule has 1 heterocycles. The predicted molar refractivity (Wildman–Crippen MR) is 29.3 cm³/mol. The van der Waals surface area contributed by atoms with Gasteiger partial charge in [-0.3, -0.25) is 0 Å². The smallest absolute Gasteiger partial charge is 0.175 e. The van der Waals surface area contributed by atoms with Gasteiger partial charge in [0.25, 0.3) is 0 Å². The van der Waals surface area contributed by atoms with Crippen molar-refractivity contribution in [3.05, 3.63) is 0 Å². The van der Waals surface area contributed by atoms with Crippen molar-refractivity contribution < 1.29 is 36.0 Å². The molecule has 0 aromatic rings. The lowest BCUT2D eigenvalue weighted by Gasteiger charge is -1.97. The van der Waals surface area contributed by atoms with Gasteiger partial charge in [0.05, 0.1) is 0 Å². The lowest BCUT2D eigenvalue weighted by atomic mass is 11.4. The van der Waals surface area contributed by atoms with E-state index >= 15 is 0 Å². The first-order chi connectivity index (χ1) is 5.58. The molecule has 0 saturated carbocycles. The molecule has 0 atom stereocenters. The van der Waals surface area contributed by atoms with Gasteiger partial charge < -0.3 is 0 Å². The van der Waals surface area contributed by atoms with Crippen LogP contribution in [0.1, 0.15) is 0 Å². The zero-order valence-electron chi connectivity index (χ0n) is 5.25. The largest absolute Gasteiger partial charge is 0.709 e. The highest BCUT2D eigenvalue weighted by Gasteiger charge is 2.46. The van der Waals surface area contributed by atoms with E-state index < -0.39 is 29.6 Å². The second kappa shape index (κ2) is 4.23. The number of rotatable bonds is 0. The SMILES string of the molecule is O=[P+]1OC(F)O[P+](=O)OC(F)O1. The van der Waals surface area contributed by atoms with Gasteiger partial charge in [0.1, 0.15) is 0 Å². The lowest BCUT2D eigenvalue weighted by Crippen LogP contribution is -2.12. The molecule has 0 amide bonds. The molecule has 0 unspecified atom stereocenters. The maximum atomic E-state index is 12.2. The second-order valence-electron chi connectivity index (χ2n) is 1.42. The monoisotopic (exact) mass is 222 g/mol. The fraction of sp³-hybridized carbons (Fsp3) is 1.00. The third-order valence-corrected chi connectivity index (χ3v) is 2.03. The molecule has 0 spiro atoms. The van der Waals surface area contributed by atoms with Crippen LogP contribution in [0.3, 0.4) is 0 Å². The second-order valence-corrected chi connectivity index (χ2v) is 3.16. The Labute approximate surface area is 66.6 Å². The first kappa shape index (κ1) is 9.98. The Morgan fingerprint density at radius 1 is 0.833 bits per heavy atom. The molecule has 1 fully saturated rings. The summed E-state index contributed by atoms with van der Waals surface area (Å²) in [7, 11) is -6.02. The number of hydrogen-bond donors (Lipinski definition) is 0. The highest BCUT2D eigenvalue weighted by atomic mass is 31.1. The minimum absolute atomic E-state index is 2.52. The van der Waals surface area contributed by atoms with Crippen LogP contribution < -0.4 is 0 Å². The molecule has 0 aromatic carbocycles. The first-order valence-electron chi connectivity index (χ1n) is 2.47. The first-order valence-corrected chi connectivity index (χ1v) is 4.67. The van der Waals surface area contributed by atoms with Crippen molar-refractivity contribution in [2.24, 2.45) is 0 Å². The van der Waals surface area contributed by atoms with Gasteiger partial charge in [-0.15, -0.1) is 0 Å². The van der Waals surface area contributed by atoms with Crippen molar-refractivity contribution in [2.45, 2.75) is 13.1 Å². The average Bonchev–Trinajstić information content (AvgIpc) is 1.81. The van der Waals surface area contributed by atoms with Crippen molar-refractivity contribution in [3.63, 3.8) is 0 Å². The van der Waals surface area contributed by atoms with Crippen LogP contribution in [0.4, 0.5) is 8.78 Å². The van der Waals surface area contributed by atoms with Crippen LogP contribution in [0, 0.1) is 0 Å². The van der Waals surface area contributed by atoms with E-state index in [1.165, 1.54) is 0 Å². The number of halogens is 2. The van der Waals surface area contributed by atoms with E-state index in [9.17, 15) is 17.9 Å². The maximum absolute atomic E-state index is 12.2. The van der Waals surface area contributed by atoms with Crippen molar-refractivity contribution in [1.29, 1.82) is 0 Å². The van der Waals surface area contributed by atoms with Gasteiger partial charge in [0.2, 0.25) is 0 Å². The Morgan fingerprint density at radius 3 is 1.33 bits per heavy atom. The molecule has 0 bridgehead atoms. The molecular weight excluding hydrogens is 220 g/mol.